The summed E-state index contributed by atoms with van der Waals surface area (Å²) >= 11 is 0. The molecule has 1 aromatic carbocycles. The van der Waals surface area contributed by atoms with Gasteiger partial charge < -0.3 is 20.0 Å². The molecule has 4 rings (SSSR count). The molecule has 1 aromatic rings. The maximum absolute atomic E-state index is 13.4. The molecule has 190 valence electrons. The fourth-order valence-electron chi connectivity index (χ4n) is 5.31. The van der Waals surface area contributed by atoms with Crippen molar-refractivity contribution < 1.29 is 13.2 Å². The highest BCUT2D eigenvalue weighted by atomic mass is 32.2. The first-order valence-electron chi connectivity index (χ1n) is 13.1. The van der Waals surface area contributed by atoms with Crippen molar-refractivity contribution in [1.29, 1.82) is 0 Å². The summed E-state index contributed by atoms with van der Waals surface area (Å²) in [6.45, 7) is 12.2. The van der Waals surface area contributed by atoms with Crippen LogP contribution in [-0.4, -0.2) is 100 Å². The molecule has 1 N–H and O–H groups in total. The molecule has 0 atom stereocenters. The van der Waals surface area contributed by atoms with Crippen molar-refractivity contribution in [3.05, 3.63) is 23.8 Å². The number of benzene rings is 1. The Kier molecular flexibility index (Phi) is 8.85. The number of anilines is 1. The van der Waals surface area contributed by atoms with Gasteiger partial charge in [-0.2, -0.15) is 4.31 Å². The predicted molar refractivity (Wildman–Crippen MR) is 136 cm³/mol. The lowest BCUT2D eigenvalue weighted by molar-refractivity contribution is 0.0947. The second-order valence-electron chi connectivity index (χ2n) is 9.78. The van der Waals surface area contributed by atoms with Gasteiger partial charge in [-0.25, -0.2) is 8.42 Å². The highest BCUT2D eigenvalue weighted by Gasteiger charge is 2.32. The van der Waals surface area contributed by atoms with Gasteiger partial charge in [-0.3, -0.25) is 4.79 Å². The van der Waals surface area contributed by atoms with E-state index in [0.717, 1.165) is 83.6 Å². The molecule has 0 spiro atoms. The van der Waals surface area contributed by atoms with Gasteiger partial charge in [0.15, 0.2) is 0 Å². The lowest BCUT2D eigenvalue weighted by atomic mass is 10.1. The van der Waals surface area contributed by atoms with Gasteiger partial charge in [0.2, 0.25) is 10.0 Å². The van der Waals surface area contributed by atoms with Gasteiger partial charge in [-0.15, -0.1) is 0 Å². The number of carbonyl (C=O) groups is 1. The van der Waals surface area contributed by atoms with Crippen LogP contribution in [0.15, 0.2) is 23.1 Å². The van der Waals surface area contributed by atoms with Crippen LogP contribution in [0.4, 0.5) is 5.69 Å². The fraction of sp³-hybridized carbons (Fsp3) is 0.720. The first kappa shape index (κ1) is 25.4. The molecule has 0 unspecified atom stereocenters. The quantitative estimate of drug-likeness (QED) is 0.506. The number of hydrogen-bond donors (Lipinski definition) is 1. The van der Waals surface area contributed by atoms with Crippen molar-refractivity contribution in [2.75, 3.05) is 76.9 Å². The third-order valence-electron chi connectivity index (χ3n) is 7.29. The Morgan fingerprint density at radius 2 is 1.50 bits per heavy atom. The van der Waals surface area contributed by atoms with Gasteiger partial charge in [-0.05, 0) is 69.8 Å². The molecule has 0 bridgehead atoms. The van der Waals surface area contributed by atoms with E-state index < -0.39 is 10.0 Å². The largest absolute Gasteiger partial charge is 0.370 e. The summed E-state index contributed by atoms with van der Waals surface area (Å²) in [5.74, 6) is -0.196. The number of nitrogens with one attached hydrogen (secondary N) is 1. The second-order valence-corrected chi connectivity index (χ2v) is 11.7. The lowest BCUT2D eigenvalue weighted by Crippen LogP contribution is -2.47. The summed E-state index contributed by atoms with van der Waals surface area (Å²) in [5, 5.41) is 3.01. The van der Waals surface area contributed by atoms with Crippen LogP contribution < -0.4 is 10.2 Å². The average Bonchev–Trinajstić information content (AvgIpc) is 3.58. The normalized spacial score (nSPS) is 20.8. The van der Waals surface area contributed by atoms with Crippen LogP contribution in [-0.2, 0) is 10.0 Å². The third kappa shape index (κ3) is 6.11. The van der Waals surface area contributed by atoms with Crippen molar-refractivity contribution in [3.8, 4) is 0 Å². The number of carbonyl (C=O) groups excluding carboxylic acids is 1. The molecule has 0 saturated carbocycles. The number of rotatable bonds is 10. The first-order valence-corrected chi connectivity index (χ1v) is 14.5. The molecular formula is C25H41N5O3S. The van der Waals surface area contributed by atoms with E-state index in [9.17, 15) is 13.2 Å². The van der Waals surface area contributed by atoms with Gasteiger partial charge in [0.1, 0.15) is 4.90 Å². The number of amides is 1. The number of hydrogen-bond acceptors (Lipinski definition) is 6. The van der Waals surface area contributed by atoms with E-state index in [-0.39, 0.29) is 10.8 Å². The Hall–Kier alpha value is -1.68. The number of nitrogens with zero attached hydrogens (tertiary/aromatic N) is 4. The number of piperazine rings is 1. The molecule has 3 aliphatic heterocycles. The van der Waals surface area contributed by atoms with E-state index in [4.69, 9.17) is 0 Å². The minimum Gasteiger partial charge on any atom is -0.370 e. The maximum Gasteiger partial charge on any atom is 0.251 e. The Balaban J connectivity index is 1.36. The molecule has 0 aromatic heterocycles. The fourth-order valence-corrected chi connectivity index (χ4v) is 7.06. The summed E-state index contributed by atoms with van der Waals surface area (Å²) in [6.07, 6.45) is 6.02. The monoisotopic (exact) mass is 491 g/mol. The SMILES string of the molecule is CCCN1CCN(CCCNC(=O)c2ccc(N3CCCC3)c(S(=O)(=O)N3CCCC3)c2)CC1. The molecule has 3 aliphatic rings. The molecular weight excluding hydrogens is 450 g/mol. The van der Waals surface area contributed by atoms with Crippen LogP contribution in [0.5, 0.6) is 0 Å². The third-order valence-corrected chi connectivity index (χ3v) is 9.22. The predicted octanol–water partition coefficient (Wildman–Crippen LogP) is 2.22. The van der Waals surface area contributed by atoms with Crippen molar-refractivity contribution in [3.63, 3.8) is 0 Å². The standard InChI is InChI=1S/C25H41N5O3S/c1-2-11-27-17-19-28(20-18-27)12-7-10-26-25(31)22-8-9-23(29-13-3-4-14-29)24(21-22)34(32,33)30-15-5-6-16-30/h8-9,21H,2-7,10-20H2,1H3,(H,26,31). The minimum absolute atomic E-state index is 0.196. The van der Waals surface area contributed by atoms with Crippen molar-refractivity contribution in [2.45, 2.75) is 50.3 Å². The zero-order valence-electron chi connectivity index (χ0n) is 20.7. The first-order chi connectivity index (χ1) is 16.5. The van der Waals surface area contributed by atoms with Gasteiger partial charge in [0.05, 0.1) is 5.69 Å². The maximum atomic E-state index is 13.4. The summed E-state index contributed by atoms with van der Waals surface area (Å²) in [5.41, 5.74) is 1.16. The highest BCUT2D eigenvalue weighted by molar-refractivity contribution is 7.89. The minimum atomic E-state index is -3.61. The molecule has 9 heteroatoms. The van der Waals surface area contributed by atoms with Gasteiger partial charge in [-0.1, -0.05) is 6.92 Å². The summed E-state index contributed by atoms with van der Waals surface area (Å²) < 4.78 is 28.5. The molecule has 34 heavy (non-hydrogen) atoms. The van der Waals surface area contributed by atoms with E-state index >= 15 is 0 Å². The molecule has 0 aliphatic carbocycles. The van der Waals surface area contributed by atoms with Gasteiger partial charge in [0, 0.05) is 64.5 Å². The van der Waals surface area contributed by atoms with E-state index in [0.29, 0.717) is 25.2 Å². The van der Waals surface area contributed by atoms with Crippen LogP contribution >= 0.6 is 0 Å². The summed E-state index contributed by atoms with van der Waals surface area (Å²) in [7, 11) is -3.61. The smallest absolute Gasteiger partial charge is 0.251 e. The Bertz CT molecular complexity index is 918. The summed E-state index contributed by atoms with van der Waals surface area (Å²) in [4.78, 5) is 20.3. The van der Waals surface area contributed by atoms with E-state index in [1.807, 2.05) is 6.07 Å². The zero-order valence-corrected chi connectivity index (χ0v) is 21.5. The second kappa shape index (κ2) is 11.8. The van der Waals surface area contributed by atoms with Gasteiger partial charge >= 0.3 is 0 Å². The van der Waals surface area contributed by atoms with Crippen molar-refractivity contribution >= 4 is 21.6 Å². The van der Waals surface area contributed by atoms with Crippen LogP contribution in [0.25, 0.3) is 0 Å². The lowest BCUT2D eigenvalue weighted by Gasteiger charge is -2.34. The average molecular weight is 492 g/mol. The van der Waals surface area contributed by atoms with E-state index in [1.165, 1.54) is 13.0 Å². The van der Waals surface area contributed by atoms with E-state index in [1.54, 1.807) is 16.4 Å². The van der Waals surface area contributed by atoms with Crippen molar-refractivity contribution in [2.24, 2.45) is 0 Å². The van der Waals surface area contributed by atoms with Crippen LogP contribution in [0.3, 0.4) is 0 Å². The molecule has 3 fully saturated rings. The van der Waals surface area contributed by atoms with Crippen LogP contribution in [0.1, 0.15) is 55.8 Å². The Morgan fingerprint density at radius 3 is 2.15 bits per heavy atom. The van der Waals surface area contributed by atoms with Crippen molar-refractivity contribution in [1.82, 2.24) is 19.4 Å². The Labute approximate surface area is 205 Å². The molecule has 3 heterocycles. The summed E-state index contributed by atoms with van der Waals surface area (Å²) in [6, 6.07) is 5.21. The Morgan fingerprint density at radius 1 is 0.882 bits per heavy atom. The van der Waals surface area contributed by atoms with Gasteiger partial charge in [0.25, 0.3) is 5.91 Å². The molecule has 0 radical (unpaired) electrons. The highest BCUT2D eigenvalue weighted by Crippen LogP contribution is 2.32. The topological polar surface area (TPSA) is 76.2 Å². The molecule has 1 amide bonds. The van der Waals surface area contributed by atoms with E-state index in [2.05, 4.69) is 26.9 Å². The molecule has 3 saturated heterocycles. The zero-order chi connectivity index (χ0) is 24.0. The van der Waals surface area contributed by atoms with Crippen LogP contribution in [0.2, 0.25) is 0 Å². The molecule has 8 nitrogen and oxygen atoms in total. The number of sulfonamides is 1. The van der Waals surface area contributed by atoms with Crippen LogP contribution in [0, 0.1) is 0 Å².